The molecule has 1 atom stereocenters. The van der Waals surface area contributed by atoms with Crippen molar-refractivity contribution in [3.8, 4) is 5.75 Å². The second kappa shape index (κ2) is 5.49. The molecule has 0 amide bonds. The molecule has 0 bridgehead atoms. The molecule has 3 nitrogen and oxygen atoms in total. The third kappa shape index (κ3) is 2.59. The fourth-order valence-corrected chi connectivity index (χ4v) is 3.25. The van der Waals surface area contributed by atoms with Crippen LogP contribution in [0, 0.1) is 0 Å². The van der Waals surface area contributed by atoms with Gasteiger partial charge in [0.25, 0.3) is 0 Å². The van der Waals surface area contributed by atoms with Gasteiger partial charge in [0.05, 0.1) is 24.2 Å². The highest BCUT2D eigenvalue weighted by Gasteiger charge is 2.22. The van der Waals surface area contributed by atoms with Crippen LogP contribution in [-0.4, -0.2) is 13.7 Å². The second-order valence-corrected chi connectivity index (χ2v) is 5.44. The molecule has 1 aromatic rings. The van der Waals surface area contributed by atoms with Crippen molar-refractivity contribution in [3.63, 3.8) is 0 Å². The van der Waals surface area contributed by atoms with Crippen LogP contribution in [0.1, 0.15) is 24.4 Å². The molecular formula is C11H13Br2NO2. The van der Waals surface area contributed by atoms with Crippen molar-refractivity contribution in [1.29, 1.82) is 0 Å². The average molecular weight is 351 g/mol. The Morgan fingerprint density at radius 1 is 1.44 bits per heavy atom. The number of halogens is 2. The molecule has 0 aromatic heterocycles. The molecule has 1 aliphatic heterocycles. The molecule has 5 heteroatoms. The van der Waals surface area contributed by atoms with E-state index in [1.54, 1.807) is 7.11 Å². The standard InChI is InChI=1S/C11H13Br2NO2/c1-15-14-10-3-2-4-16-11-8(10)5-7(12)6-9(11)13/h5-6,10,14H,2-4H2,1H3. The number of ether oxygens (including phenoxy) is 1. The molecule has 1 unspecified atom stereocenters. The van der Waals surface area contributed by atoms with E-state index in [2.05, 4.69) is 43.4 Å². The zero-order chi connectivity index (χ0) is 11.5. The van der Waals surface area contributed by atoms with Crippen molar-refractivity contribution in [1.82, 2.24) is 5.48 Å². The molecule has 1 aromatic carbocycles. The van der Waals surface area contributed by atoms with E-state index in [0.29, 0.717) is 0 Å². The Morgan fingerprint density at radius 2 is 2.25 bits per heavy atom. The predicted molar refractivity (Wildman–Crippen MR) is 69.5 cm³/mol. The Bertz CT molecular complexity index is 384. The first-order valence-electron chi connectivity index (χ1n) is 5.12. The van der Waals surface area contributed by atoms with Gasteiger partial charge in [-0.1, -0.05) is 15.9 Å². The molecule has 0 radical (unpaired) electrons. The predicted octanol–water partition coefficient (Wildman–Crippen LogP) is 3.58. The number of hydrogen-bond acceptors (Lipinski definition) is 3. The van der Waals surface area contributed by atoms with E-state index >= 15 is 0 Å². The van der Waals surface area contributed by atoms with Gasteiger partial charge in [-0.2, -0.15) is 5.48 Å². The Kier molecular flexibility index (Phi) is 4.24. The fraction of sp³-hybridized carbons (Fsp3) is 0.455. The molecule has 0 saturated heterocycles. The van der Waals surface area contributed by atoms with Gasteiger partial charge in [0.1, 0.15) is 5.75 Å². The van der Waals surface area contributed by atoms with Crippen LogP contribution in [-0.2, 0) is 4.84 Å². The summed E-state index contributed by atoms with van der Waals surface area (Å²) in [7, 11) is 1.64. The van der Waals surface area contributed by atoms with Crippen LogP contribution >= 0.6 is 31.9 Å². The number of fused-ring (bicyclic) bond motifs is 1. The minimum Gasteiger partial charge on any atom is -0.492 e. The third-order valence-corrected chi connectivity index (χ3v) is 3.60. The highest BCUT2D eigenvalue weighted by Crippen LogP contribution is 2.39. The summed E-state index contributed by atoms with van der Waals surface area (Å²) in [4.78, 5) is 5.04. The van der Waals surface area contributed by atoms with Crippen LogP contribution in [0.2, 0.25) is 0 Å². The Morgan fingerprint density at radius 3 is 3.00 bits per heavy atom. The summed E-state index contributed by atoms with van der Waals surface area (Å²) in [5.74, 6) is 0.912. The van der Waals surface area contributed by atoms with Crippen molar-refractivity contribution in [2.45, 2.75) is 18.9 Å². The van der Waals surface area contributed by atoms with Crippen molar-refractivity contribution in [2.75, 3.05) is 13.7 Å². The molecule has 2 rings (SSSR count). The minimum absolute atomic E-state index is 0.177. The SMILES string of the molecule is CONC1CCCOc2c(Br)cc(Br)cc21. The van der Waals surface area contributed by atoms with E-state index < -0.39 is 0 Å². The van der Waals surface area contributed by atoms with E-state index in [-0.39, 0.29) is 6.04 Å². The summed E-state index contributed by atoms with van der Waals surface area (Å²) in [5.41, 5.74) is 4.14. The molecule has 0 saturated carbocycles. The van der Waals surface area contributed by atoms with Crippen molar-refractivity contribution < 1.29 is 9.57 Å². The maximum Gasteiger partial charge on any atom is 0.138 e. The van der Waals surface area contributed by atoms with Gasteiger partial charge in [-0.15, -0.1) is 0 Å². The van der Waals surface area contributed by atoms with Gasteiger partial charge in [0.15, 0.2) is 0 Å². The topological polar surface area (TPSA) is 30.5 Å². The smallest absolute Gasteiger partial charge is 0.138 e. The first-order chi connectivity index (χ1) is 7.72. The fourth-order valence-electron chi connectivity index (χ4n) is 1.87. The molecule has 16 heavy (non-hydrogen) atoms. The highest BCUT2D eigenvalue weighted by molar-refractivity contribution is 9.11. The summed E-state index contributed by atoms with van der Waals surface area (Å²) in [5, 5.41) is 0. The normalized spacial score (nSPS) is 19.8. The molecule has 0 fully saturated rings. The van der Waals surface area contributed by atoms with Crippen LogP contribution in [0.3, 0.4) is 0 Å². The van der Waals surface area contributed by atoms with E-state index in [0.717, 1.165) is 39.7 Å². The summed E-state index contributed by atoms with van der Waals surface area (Å²) >= 11 is 7.01. The number of rotatable bonds is 2. The van der Waals surface area contributed by atoms with E-state index in [1.165, 1.54) is 0 Å². The van der Waals surface area contributed by atoms with Crippen LogP contribution in [0.5, 0.6) is 5.75 Å². The summed E-state index contributed by atoms with van der Waals surface area (Å²) in [6.45, 7) is 0.745. The lowest BCUT2D eigenvalue weighted by atomic mass is 10.0. The van der Waals surface area contributed by atoms with Gasteiger partial charge < -0.3 is 9.57 Å². The minimum atomic E-state index is 0.177. The molecule has 1 heterocycles. The number of benzene rings is 1. The van der Waals surface area contributed by atoms with Crippen molar-refractivity contribution >= 4 is 31.9 Å². The van der Waals surface area contributed by atoms with Gasteiger partial charge >= 0.3 is 0 Å². The van der Waals surface area contributed by atoms with Crippen LogP contribution in [0.25, 0.3) is 0 Å². The Hall–Kier alpha value is -0.100. The summed E-state index contributed by atoms with van der Waals surface area (Å²) in [6.07, 6.45) is 2.02. The Labute approximate surface area is 112 Å². The first-order valence-corrected chi connectivity index (χ1v) is 6.71. The zero-order valence-corrected chi connectivity index (χ0v) is 12.1. The third-order valence-electron chi connectivity index (χ3n) is 2.56. The Balaban J connectivity index is 2.43. The van der Waals surface area contributed by atoms with Gasteiger partial charge in [-0.25, -0.2) is 0 Å². The van der Waals surface area contributed by atoms with Gasteiger partial charge in [0, 0.05) is 10.0 Å². The number of hydroxylamine groups is 1. The molecule has 1 N–H and O–H groups in total. The first kappa shape index (κ1) is 12.4. The molecule has 0 spiro atoms. The highest BCUT2D eigenvalue weighted by atomic mass is 79.9. The molecule has 88 valence electrons. The lowest BCUT2D eigenvalue weighted by Gasteiger charge is -2.18. The van der Waals surface area contributed by atoms with Gasteiger partial charge in [0.2, 0.25) is 0 Å². The van der Waals surface area contributed by atoms with Crippen LogP contribution < -0.4 is 10.2 Å². The lowest BCUT2D eigenvalue weighted by molar-refractivity contribution is 0.0579. The maximum atomic E-state index is 5.75. The van der Waals surface area contributed by atoms with Crippen molar-refractivity contribution in [2.24, 2.45) is 0 Å². The summed E-state index contributed by atoms with van der Waals surface area (Å²) in [6, 6.07) is 4.24. The monoisotopic (exact) mass is 349 g/mol. The zero-order valence-electron chi connectivity index (χ0n) is 8.93. The second-order valence-electron chi connectivity index (χ2n) is 3.67. The largest absolute Gasteiger partial charge is 0.492 e. The maximum absolute atomic E-state index is 5.75. The number of hydrogen-bond donors (Lipinski definition) is 1. The van der Waals surface area contributed by atoms with Crippen LogP contribution in [0.4, 0.5) is 0 Å². The van der Waals surface area contributed by atoms with Gasteiger partial charge in [-0.3, -0.25) is 0 Å². The lowest BCUT2D eigenvalue weighted by Crippen LogP contribution is -2.19. The quantitative estimate of drug-likeness (QED) is 0.827. The van der Waals surface area contributed by atoms with Gasteiger partial charge in [-0.05, 0) is 40.9 Å². The number of nitrogens with one attached hydrogen (secondary N) is 1. The van der Waals surface area contributed by atoms with E-state index in [4.69, 9.17) is 9.57 Å². The molecule has 1 aliphatic rings. The van der Waals surface area contributed by atoms with Crippen molar-refractivity contribution in [3.05, 3.63) is 26.6 Å². The molecular weight excluding hydrogens is 338 g/mol. The average Bonchev–Trinajstić information content (AvgIpc) is 2.42. The van der Waals surface area contributed by atoms with Crippen LogP contribution in [0.15, 0.2) is 21.1 Å². The van der Waals surface area contributed by atoms with E-state index in [1.807, 2.05) is 6.07 Å². The van der Waals surface area contributed by atoms with E-state index in [9.17, 15) is 0 Å². The summed E-state index contributed by atoms with van der Waals surface area (Å²) < 4.78 is 7.76. The molecule has 0 aliphatic carbocycles.